The Morgan fingerprint density at radius 3 is 2.96 bits per heavy atom. The van der Waals surface area contributed by atoms with Gasteiger partial charge < -0.3 is 14.8 Å². The van der Waals surface area contributed by atoms with Crippen molar-refractivity contribution >= 4 is 5.91 Å². The third-order valence-electron chi connectivity index (χ3n) is 3.92. The standard InChI is InChI=1S/C18H20N2O3/c1-22-17-8-7-15(11-19-17)13-4-2-5-14(10-13)18(21)20-12-16-6-3-9-23-16/h2,4-5,7-8,10-11,16H,3,6,9,12H2,1H3,(H,20,21)/t16-/m0/s1. The van der Waals surface area contributed by atoms with Gasteiger partial charge in [-0.15, -0.1) is 0 Å². The van der Waals surface area contributed by atoms with Crippen molar-refractivity contribution in [2.45, 2.75) is 18.9 Å². The van der Waals surface area contributed by atoms with E-state index in [0.717, 1.165) is 30.6 Å². The van der Waals surface area contributed by atoms with E-state index in [4.69, 9.17) is 9.47 Å². The molecule has 5 heteroatoms. The summed E-state index contributed by atoms with van der Waals surface area (Å²) in [6.45, 7) is 1.35. The molecule has 1 N–H and O–H groups in total. The first-order valence-corrected chi connectivity index (χ1v) is 7.76. The fourth-order valence-corrected chi connectivity index (χ4v) is 2.63. The van der Waals surface area contributed by atoms with Gasteiger partial charge in [0.1, 0.15) is 0 Å². The Morgan fingerprint density at radius 1 is 1.35 bits per heavy atom. The van der Waals surface area contributed by atoms with E-state index in [2.05, 4.69) is 10.3 Å². The van der Waals surface area contributed by atoms with E-state index >= 15 is 0 Å². The Morgan fingerprint density at radius 2 is 2.26 bits per heavy atom. The average molecular weight is 312 g/mol. The van der Waals surface area contributed by atoms with Crippen molar-refractivity contribution < 1.29 is 14.3 Å². The lowest BCUT2D eigenvalue weighted by Crippen LogP contribution is -2.31. The molecule has 1 fully saturated rings. The molecular weight excluding hydrogens is 292 g/mol. The molecule has 0 bridgehead atoms. The summed E-state index contributed by atoms with van der Waals surface area (Å²) in [5.41, 5.74) is 2.53. The molecule has 1 saturated heterocycles. The van der Waals surface area contributed by atoms with Crippen LogP contribution in [0.4, 0.5) is 0 Å². The lowest BCUT2D eigenvalue weighted by Gasteiger charge is -2.11. The predicted molar refractivity (Wildman–Crippen MR) is 87.5 cm³/mol. The number of ether oxygens (including phenoxy) is 2. The molecule has 120 valence electrons. The Kier molecular flexibility index (Phi) is 4.88. The highest BCUT2D eigenvalue weighted by atomic mass is 16.5. The SMILES string of the molecule is COc1ccc(-c2cccc(C(=O)NC[C@@H]3CCCO3)c2)cn1. The summed E-state index contributed by atoms with van der Waals surface area (Å²) in [7, 11) is 1.58. The second-order valence-electron chi connectivity index (χ2n) is 5.52. The second-order valence-corrected chi connectivity index (χ2v) is 5.52. The maximum absolute atomic E-state index is 12.3. The van der Waals surface area contributed by atoms with Crippen molar-refractivity contribution in [3.05, 3.63) is 48.2 Å². The summed E-state index contributed by atoms with van der Waals surface area (Å²) >= 11 is 0. The maximum Gasteiger partial charge on any atom is 0.251 e. The number of nitrogens with zero attached hydrogens (tertiary/aromatic N) is 1. The summed E-state index contributed by atoms with van der Waals surface area (Å²) in [6, 6.07) is 11.2. The summed E-state index contributed by atoms with van der Waals surface area (Å²) in [5, 5.41) is 2.94. The van der Waals surface area contributed by atoms with E-state index in [-0.39, 0.29) is 12.0 Å². The topological polar surface area (TPSA) is 60.5 Å². The van der Waals surface area contributed by atoms with Crippen LogP contribution in [0.1, 0.15) is 23.2 Å². The van der Waals surface area contributed by atoms with Gasteiger partial charge in [0.25, 0.3) is 5.91 Å². The Balaban J connectivity index is 1.69. The van der Waals surface area contributed by atoms with Gasteiger partial charge in [-0.2, -0.15) is 0 Å². The van der Waals surface area contributed by atoms with Crippen LogP contribution < -0.4 is 10.1 Å². The quantitative estimate of drug-likeness (QED) is 0.922. The number of rotatable bonds is 5. The fraction of sp³-hybridized carbons (Fsp3) is 0.333. The predicted octanol–water partition coefficient (Wildman–Crippen LogP) is 2.67. The molecule has 1 aromatic carbocycles. The largest absolute Gasteiger partial charge is 0.481 e. The molecule has 0 unspecified atom stereocenters. The molecule has 0 saturated carbocycles. The number of hydrogen-bond donors (Lipinski definition) is 1. The highest BCUT2D eigenvalue weighted by Crippen LogP contribution is 2.21. The van der Waals surface area contributed by atoms with E-state index in [9.17, 15) is 4.79 Å². The zero-order chi connectivity index (χ0) is 16.1. The molecule has 2 heterocycles. The Hall–Kier alpha value is -2.40. The minimum atomic E-state index is -0.0798. The molecule has 1 amide bonds. The van der Waals surface area contributed by atoms with Crippen LogP contribution in [0.2, 0.25) is 0 Å². The lowest BCUT2D eigenvalue weighted by molar-refractivity contribution is 0.0858. The van der Waals surface area contributed by atoms with Gasteiger partial charge in [-0.25, -0.2) is 4.98 Å². The van der Waals surface area contributed by atoms with Crippen LogP contribution in [0, 0.1) is 0 Å². The summed E-state index contributed by atoms with van der Waals surface area (Å²) in [4.78, 5) is 16.5. The first-order chi connectivity index (χ1) is 11.3. The zero-order valence-electron chi connectivity index (χ0n) is 13.1. The number of aromatic nitrogens is 1. The molecule has 1 atom stereocenters. The zero-order valence-corrected chi connectivity index (χ0v) is 13.1. The van der Waals surface area contributed by atoms with Crippen LogP contribution in [0.3, 0.4) is 0 Å². The monoisotopic (exact) mass is 312 g/mol. The van der Waals surface area contributed by atoms with E-state index in [1.165, 1.54) is 0 Å². The fourth-order valence-electron chi connectivity index (χ4n) is 2.63. The normalized spacial score (nSPS) is 17.0. The number of pyridine rings is 1. The number of amides is 1. The Labute approximate surface area is 135 Å². The van der Waals surface area contributed by atoms with Crippen molar-refractivity contribution in [1.82, 2.24) is 10.3 Å². The number of nitrogens with one attached hydrogen (secondary N) is 1. The second kappa shape index (κ2) is 7.24. The third-order valence-corrected chi connectivity index (χ3v) is 3.92. The van der Waals surface area contributed by atoms with Gasteiger partial charge in [-0.1, -0.05) is 12.1 Å². The lowest BCUT2D eigenvalue weighted by atomic mass is 10.0. The highest BCUT2D eigenvalue weighted by Gasteiger charge is 2.16. The van der Waals surface area contributed by atoms with Crippen LogP contribution in [0.25, 0.3) is 11.1 Å². The van der Waals surface area contributed by atoms with Crippen molar-refractivity contribution in [2.24, 2.45) is 0 Å². The number of carbonyl (C=O) groups excluding carboxylic acids is 1. The summed E-state index contributed by atoms with van der Waals surface area (Å²) in [6.07, 6.45) is 3.97. The van der Waals surface area contributed by atoms with Gasteiger partial charge in [0, 0.05) is 36.5 Å². The molecule has 1 aromatic heterocycles. The molecule has 5 nitrogen and oxygen atoms in total. The van der Waals surface area contributed by atoms with Gasteiger partial charge in [0.05, 0.1) is 13.2 Å². The van der Waals surface area contributed by atoms with Crippen molar-refractivity contribution in [3.8, 4) is 17.0 Å². The van der Waals surface area contributed by atoms with Crippen molar-refractivity contribution in [1.29, 1.82) is 0 Å². The number of hydrogen-bond acceptors (Lipinski definition) is 4. The molecule has 2 aromatic rings. The van der Waals surface area contributed by atoms with E-state index in [1.54, 1.807) is 19.4 Å². The number of carbonyl (C=O) groups is 1. The van der Waals surface area contributed by atoms with Crippen LogP contribution in [0.5, 0.6) is 5.88 Å². The van der Waals surface area contributed by atoms with Gasteiger partial charge in [-0.3, -0.25) is 4.79 Å². The van der Waals surface area contributed by atoms with Crippen molar-refractivity contribution in [2.75, 3.05) is 20.3 Å². The van der Waals surface area contributed by atoms with Crippen molar-refractivity contribution in [3.63, 3.8) is 0 Å². The van der Waals surface area contributed by atoms with Gasteiger partial charge in [-0.05, 0) is 36.6 Å². The molecule has 23 heavy (non-hydrogen) atoms. The minimum Gasteiger partial charge on any atom is -0.481 e. The number of benzene rings is 1. The van der Waals surface area contributed by atoms with Gasteiger partial charge >= 0.3 is 0 Å². The average Bonchev–Trinajstić information content (AvgIpc) is 3.13. The summed E-state index contributed by atoms with van der Waals surface area (Å²) in [5.74, 6) is 0.489. The first kappa shape index (κ1) is 15.5. The van der Waals surface area contributed by atoms with E-state index in [1.807, 2.05) is 30.3 Å². The number of methoxy groups -OCH3 is 1. The van der Waals surface area contributed by atoms with E-state index in [0.29, 0.717) is 18.0 Å². The molecule has 0 radical (unpaired) electrons. The van der Waals surface area contributed by atoms with Crippen LogP contribution in [0.15, 0.2) is 42.6 Å². The third kappa shape index (κ3) is 3.87. The minimum absolute atomic E-state index is 0.0798. The molecule has 3 rings (SSSR count). The molecule has 0 spiro atoms. The van der Waals surface area contributed by atoms with E-state index < -0.39 is 0 Å². The molecule has 1 aliphatic heterocycles. The summed E-state index contributed by atoms with van der Waals surface area (Å²) < 4.78 is 10.6. The smallest absolute Gasteiger partial charge is 0.251 e. The van der Waals surface area contributed by atoms with Crippen LogP contribution in [-0.4, -0.2) is 37.3 Å². The maximum atomic E-state index is 12.3. The first-order valence-electron chi connectivity index (χ1n) is 7.76. The van der Waals surface area contributed by atoms with Gasteiger partial charge in [0.15, 0.2) is 0 Å². The van der Waals surface area contributed by atoms with Gasteiger partial charge in [0.2, 0.25) is 5.88 Å². The highest BCUT2D eigenvalue weighted by molar-refractivity contribution is 5.95. The van der Waals surface area contributed by atoms with Crippen LogP contribution >= 0.6 is 0 Å². The molecule has 1 aliphatic rings. The molecule has 0 aliphatic carbocycles. The molecular formula is C18H20N2O3. The van der Waals surface area contributed by atoms with Crippen LogP contribution in [-0.2, 0) is 4.74 Å². The Bertz CT molecular complexity index is 664.